The lowest BCUT2D eigenvalue weighted by Gasteiger charge is -2.34. The minimum Gasteiger partial charge on any atom is -0.384 e. The van der Waals surface area contributed by atoms with Crippen LogP contribution in [0.4, 0.5) is 5.69 Å². The minimum atomic E-state index is 0.0548. The molecule has 4 heteroatoms. The van der Waals surface area contributed by atoms with Crippen LogP contribution in [0.2, 0.25) is 5.02 Å². The van der Waals surface area contributed by atoms with E-state index in [9.17, 15) is 0 Å². The molecule has 0 unspecified atom stereocenters. The Morgan fingerprint density at radius 1 is 1.47 bits per heavy atom. The van der Waals surface area contributed by atoms with Gasteiger partial charge in [0.25, 0.3) is 0 Å². The molecule has 92 valence electrons. The van der Waals surface area contributed by atoms with Crippen LogP contribution in [0, 0.1) is 5.41 Å². The predicted octanol–water partition coefficient (Wildman–Crippen LogP) is 3.00. The molecule has 0 spiro atoms. The highest BCUT2D eigenvalue weighted by molar-refractivity contribution is 6.33. The van der Waals surface area contributed by atoms with Gasteiger partial charge in [0.2, 0.25) is 0 Å². The smallest absolute Gasteiger partial charge is 0.122 e. The van der Waals surface area contributed by atoms with E-state index in [4.69, 9.17) is 22.7 Å². The molecule has 0 saturated carbocycles. The van der Waals surface area contributed by atoms with Gasteiger partial charge in [-0.05, 0) is 44.9 Å². The van der Waals surface area contributed by atoms with Gasteiger partial charge < -0.3 is 10.6 Å². The van der Waals surface area contributed by atoms with E-state index in [-0.39, 0.29) is 11.4 Å². The number of anilines is 1. The molecular weight excluding hydrogens is 234 g/mol. The summed E-state index contributed by atoms with van der Waals surface area (Å²) in [6.07, 6.45) is 2.37. The van der Waals surface area contributed by atoms with E-state index in [0.29, 0.717) is 10.6 Å². The van der Waals surface area contributed by atoms with Crippen LogP contribution in [0.15, 0.2) is 18.2 Å². The van der Waals surface area contributed by atoms with E-state index in [1.807, 2.05) is 12.1 Å². The summed E-state index contributed by atoms with van der Waals surface area (Å²) in [6.45, 7) is 5.50. The van der Waals surface area contributed by atoms with E-state index in [0.717, 1.165) is 12.2 Å². The molecule has 17 heavy (non-hydrogen) atoms. The molecule has 2 rings (SSSR count). The summed E-state index contributed by atoms with van der Waals surface area (Å²) in [6, 6.07) is 5.59. The summed E-state index contributed by atoms with van der Waals surface area (Å²) in [7, 11) is 0. The lowest BCUT2D eigenvalue weighted by atomic mass is 10.0. The van der Waals surface area contributed by atoms with Crippen LogP contribution in [0.1, 0.15) is 32.3 Å². The average molecular weight is 252 g/mol. The number of hydrogen-bond acceptors (Lipinski definition) is 2. The first-order chi connectivity index (χ1) is 7.92. The second-order valence-corrected chi connectivity index (χ2v) is 5.55. The van der Waals surface area contributed by atoms with Crippen LogP contribution < -0.4 is 10.6 Å². The monoisotopic (exact) mass is 251 g/mol. The molecule has 1 heterocycles. The predicted molar refractivity (Wildman–Crippen MR) is 73.1 cm³/mol. The third kappa shape index (κ3) is 2.25. The number of halogens is 1. The Balaban J connectivity index is 2.37. The molecule has 0 bridgehead atoms. The SMILES string of the molecule is CC1(C)CCCN1c1ccc(C(=N)N)cc1Cl. The number of nitrogens with two attached hydrogens (primary N) is 1. The highest BCUT2D eigenvalue weighted by atomic mass is 35.5. The number of nitrogen functional groups attached to an aromatic ring is 1. The zero-order valence-corrected chi connectivity index (χ0v) is 11.0. The van der Waals surface area contributed by atoms with Crippen molar-refractivity contribution >= 4 is 23.1 Å². The molecular formula is C13H18ClN3. The summed E-state index contributed by atoms with van der Waals surface area (Å²) in [5.41, 5.74) is 7.32. The van der Waals surface area contributed by atoms with Gasteiger partial charge in [0.15, 0.2) is 0 Å². The minimum absolute atomic E-state index is 0.0548. The molecule has 1 aliphatic heterocycles. The van der Waals surface area contributed by atoms with Gasteiger partial charge in [0, 0.05) is 17.6 Å². The first-order valence-corrected chi connectivity index (χ1v) is 6.21. The van der Waals surface area contributed by atoms with Crippen LogP contribution in [-0.4, -0.2) is 17.9 Å². The second kappa shape index (κ2) is 4.22. The second-order valence-electron chi connectivity index (χ2n) is 5.15. The van der Waals surface area contributed by atoms with E-state index in [1.165, 1.54) is 12.8 Å². The van der Waals surface area contributed by atoms with E-state index < -0.39 is 0 Å². The Hall–Kier alpha value is -1.22. The molecule has 0 radical (unpaired) electrons. The van der Waals surface area contributed by atoms with Crippen molar-refractivity contribution in [2.45, 2.75) is 32.2 Å². The van der Waals surface area contributed by atoms with Crippen molar-refractivity contribution in [2.75, 3.05) is 11.4 Å². The molecule has 1 aromatic carbocycles. The van der Waals surface area contributed by atoms with Crippen molar-refractivity contribution < 1.29 is 0 Å². The van der Waals surface area contributed by atoms with Crippen LogP contribution >= 0.6 is 11.6 Å². The molecule has 1 fully saturated rings. The maximum Gasteiger partial charge on any atom is 0.122 e. The van der Waals surface area contributed by atoms with Gasteiger partial charge in [-0.1, -0.05) is 11.6 Å². The summed E-state index contributed by atoms with van der Waals surface area (Å²) in [5.74, 6) is 0.0548. The lowest BCUT2D eigenvalue weighted by Crippen LogP contribution is -2.38. The van der Waals surface area contributed by atoms with Gasteiger partial charge in [-0.2, -0.15) is 0 Å². The Morgan fingerprint density at radius 2 is 2.18 bits per heavy atom. The summed E-state index contributed by atoms with van der Waals surface area (Å²) < 4.78 is 0. The molecule has 0 atom stereocenters. The molecule has 0 amide bonds. The Morgan fingerprint density at radius 3 is 2.65 bits per heavy atom. The van der Waals surface area contributed by atoms with E-state index in [2.05, 4.69) is 18.7 Å². The fourth-order valence-corrected chi connectivity index (χ4v) is 2.73. The summed E-state index contributed by atoms with van der Waals surface area (Å²) >= 11 is 6.29. The average Bonchev–Trinajstić information content (AvgIpc) is 2.58. The summed E-state index contributed by atoms with van der Waals surface area (Å²) in [5, 5.41) is 8.07. The molecule has 1 aromatic rings. The van der Waals surface area contributed by atoms with Crippen molar-refractivity contribution in [2.24, 2.45) is 5.73 Å². The van der Waals surface area contributed by atoms with Crippen molar-refractivity contribution in [3.8, 4) is 0 Å². The van der Waals surface area contributed by atoms with Gasteiger partial charge in [-0.25, -0.2) is 0 Å². The number of nitrogens with zero attached hydrogens (tertiary/aromatic N) is 1. The fraction of sp³-hybridized carbons (Fsp3) is 0.462. The van der Waals surface area contributed by atoms with Gasteiger partial charge in [0.05, 0.1) is 10.7 Å². The Labute approximate surface area is 107 Å². The first-order valence-electron chi connectivity index (χ1n) is 5.83. The third-order valence-electron chi connectivity index (χ3n) is 3.45. The van der Waals surface area contributed by atoms with Crippen molar-refractivity contribution in [1.82, 2.24) is 0 Å². The lowest BCUT2D eigenvalue weighted by molar-refractivity contribution is 0.518. The number of nitrogens with one attached hydrogen (secondary N) is 1. The van der Waals surface area contributed by atoms with Gasteiger partial charge in [-0.15, -0.1) is 0 Å². The normalized spacial score (nSPS) is 18.4. The number of benzene rings is 1. The van der Waals surface area contributed by atoms with Crippen LogP contribution in [-0.2, 0) is 0 Å². The molecule has 0 aliphatic carbocycles. The maximum absolute atomic E-state index is 7.40. The number of rotatable bonds is 2. The topological polar surface area (TPSA) is 53.1 Å². The van der Waals surface area contributed by atoms with E-state index >= 15 is 0 Å². The van der Waals surface area contributed by atoms with Crippen LogP contribution in [0.25, 0.3) is 0 Å². The maximum atomic E-state index is 7.40. The van der Waals surface area contributed by atoms with Crippen molar-refractivity contribution in [3.05, 3.63) is 28.8 Å². The van der Waals surface area contributed by atoms with E-state index in [1.54, 1.807) is 6.07 Å². The number of amidine groups is 1. The molecule has 0 aromatic heterocycles. The zero-order valence-electron chi connectivity index (χ0n) is 10.3. The number of hydrogen-bond donors (Lipinski definition) is 2. The molecule has 1 aliphatic rings. The molecule has 3 nitrogen and oxygen atoms in total. The van der Waals surface area contributed by atoms with Gasteiger partial charge in [-0.3, -0.25) is 5.41 Å². The largest absolute Gasteiger partial charge is 0.384 e. The van der Waals surface area contributed by atoms with Gasteiger partial charge >= 0.3 is 0 Å². The first kappa shape index (κ1) is 12.2. The van der Waals surface area contributed by atoms with Gasteiger partial charge in [0.1, 0.15) is 5.84 Å². The highest BCUT2D eigenvalue weighted by Gasteiger charge is 2.32. The molecule has 3 N–H and O–H groups in total. The summed E-state index contributed by atoms with van der Waals surface area (Å²) in [4.78, 5) is 2.33. The quantitative estimate of drug-likeness (QED) is 0.627. The van der Waals surface area contributed by atoms with Crippen molar-refractivity contribution in [3.63, 3.8) is 0 Å². The zero-order chi connectivity index (χ0) is 12.6. The highest BCUT2D eigenvalue weighted by Crippen LogP contribution is 2.37. The fourth-order valence-electron chi connectivity index (χ4n) is 2.45. The van der Waals surface area contributed by atoms with Crippen LogP contribution in [0.3, 0.4) is 0 Å². The Bertz CT molecular complexity index is 454. The standard InChI is InChI=1S/C13H18ClN3/c1-13(2)6-3-7-17(13)11-5-4-9(12(15)16)8-10(11)14/h4-5,8H,3,6-7H2,1-2H3,(H3,15,16). The third-order valence-corrected chi connectivity index (χ3v) is 3.75. The van der Waals surface area contributed by atoms with Crippen LogP contribution in [0.5, 0.6) is 0 Å². The molecule has 1 saturated heterocycles. The Kier molecular flexibility index (Phi) is 3.04. The van der Waals surface area contributed by atoms with Crippen molar-refractivity contribution in [1.29, 1.82) is 5.41 Å².